The highest BCUT2D eigenvalue weighted by atomic mass is 32.2. The predicted molar refractivity (Wildman–Crippen MR) is 145 cm³/mol. The van der Waals surface area contributed by atoms with Crippen molar-refractivity contribution in [2.24, 2.45) is 0 Å². The molecule has 1 atom stereocenters. The maximum absolute atomic E-state index is 13.7. The van der Waals surface area contributed by atoms with E-state index in [2.05, 4.69) is 39.4 Å². The van der Waals surface area contributed by atoms with Crippen molar-refractivity contribution < 1.29 is 13.1 Å². The summed E-state index contributed by atoms with van der Waals surface area (Å²) < 4.78 is 31.1. The zero-order valence-corrected chi connectivity index (χ0v) is 21.8. The molecule has 0 spiro atoms. The van der Waals surface area contributed by atoms with Crippen LogP contribution in [0.4, 0.5) is 5.69 Å². The largest absolute Gasteiger partial charge is 0.618 e. The first-order valence-electron chi connectivity index (χ1n) is 12.6. The van der Waals surface area contributed by atoms with Crippen LogP contribution in [-0.2, 0) is 10.0 Å². The molecule has 6 rings (SSSR count). The van der Waals surface area contributed by atoms with Gasteiger partial charge in [0.25, 0.3) is 0 Å². The van der Waals surface area contributed by atoms with Gasteiger partial charge in [0, 0.05) is 66.7 Å². The molecule has 2 aliphatic heterocycles. The molecule has 1 unspecified atom stereocenters. The Bertz CT molecular complexity index is 1500. The monoisotopic (exact) mass is 522 g/mol. The third-order valence-corrected chi connectivity index (χ3v) is 10.5. The Morgan fingerprint density at radius 3 is 2.64 bits per heavy atom. The van der Waals surface area contributed by atoms with Crippen molar-refractivity contribution in [3.05, 3.63) is 71.4 Å². The van der Waals surface area contributed by atoms with Crippen LogP contribution < -0.4 is 9.63 Å². The van der Waals surface area contributed by atoms with Gasteiger partial charge >= 0.3 is 0 Å². The lowest BCUT2D eigenvalue weighted by molar-refractivity contribution is -0.577. The van der Waals surface area contributed by atoms with E-state index in [1.54, 1.807) is 46.0 Å². The highest BCUT2D eigenvalue weighted by Crippen LogP contribution is 2.33. The fourth-order valence-electron chi connectivity index (χ4n) is 5.75. The number of piperazine rings is 1. The molecule has 2 fully saturated rings. The van der Waals surface area contributed by atoms with Crippen LogP contribution in [0.15, 0.2) is 71.1 Å². The van der Waals surface area contributed by atoms with Crippen LogP contribution in [0.2, 0.25) is 0 Å². The van der Waals surface area contributed by atoms with Gasteiger partial charge < -0.3 is 10.1 Å². The number of pyridine rings is 1. The van der Waals surface area contributed by atoms with Gasteiger partial charge in [-0.1, -0.05) is 12.1 Å². The van der Waals surface area contributed by atoms with Gasteiger partial charge in [0.2, 0.25) is 15.5 Å². The van der Waals surface area contributed by atoms with Crippen LogP contribution in [0.25, 0.3) is 21.0 Å². The van der Waals surface area contributed by atoms with Gasteiger partial charge in [-0.3, -0.25) is 4.90 Å². The number of benzene rings is 2. The number of sulfonamides is 1. The van der Waals surface area contributed by atoms with E-state index >= 15 is 0 Å². The Balaban J connectivity index is 1.12. The van der Waals surface area contributed by atoms with Gasteiger partial charge in [0.15, 0.2) is 6.20 Å². The van der Waals surface area contributed by atoms with E-state index in [-0.39, 0.29) is 10.9 Å². The quantitative estimate of drug-likeness (QED) is 0.282. The number of rotatable bonds is 6. The van der Waals surface area contributed by atoms with E-state index in [1.165, 1.54) is 22.0 Å². The number of anilines is 1. The molecule has 188 valence electrons. The molecule has 2 aliphatic rings. The molecule has 4 heterocycles. The topological polar surface area (TPSA) is 70.8 Å². The summed E-state index contributed by atoms with van der Waals surface area (Å²) in [5.41, 5.74) is 1.70. The second kappa shape index (κ2) is 9.63. The molecule has 4 aromatic rings. The van der Waals surface area contributed by atoms with Crippen LogP contribution in [0.1, 0.15) is 19.3 Å². The first-order valence-corrected chi connectivity index (χ1v) is 14.9. The zero-order chi connectivity index (χ0) is 24.7. The van der Waals surface area contributed by atoms with Crippen LogP contribution in [0.3, 0.4) is 0 Å². The van der Waals surface area contributed by atoms with Crippen LogP contribution >= 0.6 is 11.3 Å². The molecule has 2 aromatic carbocycles. The van der Waals surface area contributed by atoms with Gasteiger partial charge in [-0.15, -0.1) is 11.3 Å². The minimum Gasteiger partial charge on any atom is -0.618 e. The second-order valence-corrected chi connectivity index (χ2v) is 12.5. The number of aromatic nitrogens is 1. The molecule has 0 radical (unpaired) electrons. The summed E-state index contributed by atoms with van der Waals surface area (Å²) in [5, 5.41) is 16.2. The van der Waals surface area contributed by atoms with Crippen LogP contribution in [0, 0.1) is 5.21 Å². The lowest BCUT2D eigenvalue weighted by Crippen LogP contribution is -2.47. The third-order valence-electron chi connectivity index (χ3n) is 7.64. The van der Waals surface area contributed by atoms with E-state index in [4.69, 9.17) is 0 Å². The minimum absolute atomic E-state index is 0.00840. The van der Waals surface area contributed by atoms with E-state index in [0.29, 0.717) is 17.4 Å². The van der Waals surface area contributed by atoms with Gasteiger partial charge in [-0.2, -0.15) is 9.04 Å². The van der Waals surface area contributed by atoms with Gasteiger partial charge in [0.1, 0.15) is 0 Å². The molecule has 0 saturated carbocycles. The zero-order valence-electron chi connectivity index (χ0n) is 20.1. The molecule has 7 nitrogen and oxygen atoms in total. The maximum atomic E-state index is 13.7. The van der Waals surface area contributed by atoms with Crippen molar-refractivity contribution in [3.8, 4) is 0 Å². The van der Waals surface area contributed by atoms with E-state index in [1.807, 2.05) is 0 Å². The molecule has 36 heavy (non-hydrogen) atoms. The Morgan fingerprint density at radius 1 is 0.944 bits per heavy atom. The first kappa shape index (κ1) is 23.7. The Morgan fingerprint density at radius 2 is 1.78 bits per heavy atom. The standard InChI is InChI=1S/C27H30N4O3S2/c32-30-13-4-6-23-25(30)8-2-10-27(23)36(33,34)31-14-3-5-21(31)11-15-28-16-18-29(19-17-28)24-7-1-9-26-22(24)12-20-35-26/h1-2,4,6-10,12-13,20-21H,3,5,11,14-19H2. The molecule has 9 heteroatoms. The van der Waals surface area contributed by atoms with Crippen LogP contribution in [-0.4, -0.2) is 62.9 Å². The van der Waals surface area contributed by atoms with Crippen molar-refractivity contribution in [1.82, 2.24) is 9.21 Å². The average Bonchev–Trinajstić information content (AvgIpc) is 3.58. The average molecular weight is 523 g/mol. The van der Waals surface area contributed by atoms with Crippen molar-refractivity contribution in [2.75, 3.05) is 44.2 Å². The highest BCUT2D eigenvalue weighted by Gasteiger charge is 2.36. The number of thiophene rings is 1. The predicted octanol–water partition coefficient (Wildman–Crippen LogP) is 4.05. The lowest BCUT2D eigenvalue weighted by atomic mass is 10.1. The molecule has 0 amide bonds. The van der Waals surface area contributed by atoms with Crippen molar-refractivity contribution >= 4 is 48.0 Å². The molecule has 2 saturated heterocycles. The van der Waals surface area contributed by atoms with E-state index in [0.717, 1.165) is 56.7 Å². The summed E-state index contributed by atoms with van der Waals surface area (Å²) in [4.78, 5) is 5.17. The van der Waals surface area contributed by atoms with Crippen LogP contribution in [0.5, 0.6) is 0 Å². The summed E-state index contributed by atoms with van der Waals surface area (Å²) >= 11 is 1.78. The molecule has 0 N–H and O–H groups in total. The molecule has 2 aromatic heterocycles. The summed E-state index contributed by atoms with van der Waals surface area (Å²) in [7, 11) is -3.69. The lowest BCUT2D eigenvalue weighted by Gasteiger charge is -2.37. The van der Waals surface area contributed by atoms with Crippen molar-refractivity contribution in [2.45, 2.75) is 30.2 Å². The molecular formula is C27H30N4O3S2. The number of hydrogen-bond acceptors (Lipinski definition) is 6. The Labute approximate surface area is 215 Å². The number of fused-ring (bicyclic) bond motifs is 2. The summed E-state index contributed by atoms with van der Waals surface area (Å²) in [5.74, 6) is 0. The molecule has 0 bridgehead atoms. The van der Waals surface area contributed by atoms with Gasteiger partial charge in [-0.05, 0) is 61.5 Å². The van der Waals surface area contributed by atoms with Crippen molar-refractivity contribution in [1.29, 1.82) is 0 Å². The minimum atomic E-state index is -3.69. The summed E-state index contributed by atoms with van der Waals surface area (Å²) in [6.45, 7) is 5.34. The summed E-state index contributed by atoms with van der Waals surface area (Å²) in [6, 6.07) is 17.0. The van der Waals surface area contributed by atoms with Gasteiger partial charge in [0.05, 0.1) is 10.3 Å². The first-order chi connectivity index (χ1) is 17.5. The Hall–Kier alpha value is -2.72. The third kappa shape index (κ3) is 4.24. The fourth-order valence-corrected chi connectivity index (χ4v) is 8.49. The molecule has 0 aliphatic carbocycles. The van der Waals surface area contributed by atoms with Crippen molar-refractivity contribution in [3.63, 3.8) is 0 Å². The molecular weight excluding hydrogens is 492 g/mol. The van der Waals surface area contributed by atoms with Gasteiger partial charge in [-0.25, -0.2) is 8.42 Å². The van der Waals surface area contributed by atoms with E-state index in [9.17, 15) is 13.6 Å². The normalized spacial score (nSPS) is 20.0. The van der Waals surface area contributed by atoms with E-state index < -0.39 is 10.0 Å². The SMILES string of the molecule is O=S(=O)(c1cccc2c1ccc[n+]2[O-])N1CCCC1CCN1CCN(c2cccc3sccc23)CC1. The smallest absolute Gasteiger partial charge is 0.244 e. The number of nitrogens with zero attached hydrogens (tertiary/aromatic N) is 4. The summed E-state index contributed by atoms with van der Waals surface area (Å²) in [6.07, 6.45) is 3.98. The maximum Gasteiger partial charge on any atom is 0.244 e. The fraction of sp³-hybridized carbons (Fsp3) is 0.370. The number of hydrogen-bond donors (Lipinski definition) is 0. The highest BCUT2D eigenvalue weighted by molar-refractivity contribution is 7.89. The Kier molecular flexibility index (Phi) is 6.33. The second-order valence-electron chi connectivity index (χ2n) is 9.66.